The Kier molecular flexibility index (Phi) is 4.38. The molecule has 8 heteroatoms. The van der Waals surface area contributed by atoms with Gasteiger partial charge in [-0.05, 0) is 68.4 Å². The van der Waals surface area contributed by atoms with Gasteiger partial charge in [-0.15, -0.1) is 0 Å². The third kappa shape index (κ3) is 3.33. The normalized spacial score (nSPS) is 28.7. The summed E-state index contributed by atoms with van der Waals surface area (Å²) in [5.41, 5.74) is 0.728. The van der Waals surface area contributed by atoms with Crippen LogP contribution in [0.1, 0.15) is 38.5 Å². The number of fused-ring (bicyclic) bond motifs is 1. The average molecular weight is 434 g/mol. The second-order valence-corrected chi connectivity index (χ2v) is 10.4. The number of nitrogens with zero attached hydrogens (tertiary/aromatic N) is 4. The highest BCUT2D eigenvalue weighted by atomic mass is 32.2. The number of hydrogen-bond donors (Lipinski definition) is 1. The molecule has 31 heavy (non-hydrogen) atoms. The minimum atomic E-state index is -0.344. The van der Waals surface area contributed by atoms with E-state index in [1.54, 1.807) is 6.20 Å². The third-order valence-electron chi connectivity index (χ3n) is 7.20. The van der Waals surface area contributed by atoms with Crippen molar-refractivity contribution < 1.29 is 4.92 Å². The highest BCUT2D eigenvalue weighted by Gasteiger charge is 2.51. The number of nitrogens with one attached hydrogen (secondary N) is 1. The molecule has 0 saturated heterocycles. The zero-order valence-corrected chi connectivity index (χ0v) is 17.8. The Morgan fingerprint density at radius 3 is 2.42 bits per heavy atom. The van der Waals surface area contributed by atoms with Crippen molar-refractivity contribution >= 4 is 34.2 Å². The van der Waals surface area contributed by atoms with Gasteiger partial charge >= 0.3 is 5.69 Å². The Hall–Kier alpha value is -2.74. The van der Waals surface area contributed by atoms with E-state index < -0.39 is 0 Å². The molecule has 3 aromatic rings. The highest BCUT2D eigenvalue weighted by Crippen LogP contribution is 2.57. The Balaban J connectivity index is 1.37. The molecule has 0 spiro atoms. The van der Waals surface area contributed by atoms with Crippen LogP contribution in [0.25, 0.3) is 10.9 Å². The average Bonchev–Trinajstić information content (AvgIpc) is 2.73. The summed E-state index contributed by atoms with van der Waals surface area (Å²) in [7, 11) is 0. The SMILES string of the molecule is O=[N+]([O-])c1c(NC23CC4CC(CC(C4)C2)C3)ncnc1Sc1cccc2cccnc12. The molecule has 2 aromatic heterocycles. The maximum absolute atomic E-state index is 12.1. The number of nitro groups is 1. The maximum Gasteiger partial charge on any atom is 0.343 e. The van der Waals surface area contributed by atoms with Gasteiger partial charge in [0.2, 0.25) is 5.82 Å². The van der Waals surface area contributed by atoms with Crippen LogP contribution < -0.4 is 5.32 Å². The monoisotopic (exact) mass is 433 g/mol. The van der Waals surface area contributed by atoms with Gasteiger partial charge < -0.3 is 5.32 Å². The van der Waals surface area contributed by atoms with Crippen molar-refractivity contribution in [2.75, 3.05) is 5.32 Å². The van der Waals surface area contributed by atoms with E-state index in [1.807, 2.05) is 30.3 Å². The van der Waals surface area contributed by atoms with E-state index in [0.29, 0.717) is 10.8 Å². The molecule has 0 atom stereocenters. The van der Waals surface area contributed by atoms with Crippen LogP contribution in [0.3, 0.4) is 0 Å². The van der Waals surface area contributed by atoms with Gasteiger partial charge in [-0.2, -0.15) is 0 Å². The number of anilines is 1. The predicted octanol–water partition coefficient (Wildman–Crippen LogP) is 5.46. The topological polar surface area (TPSA) is 93.8 Å². The second kappa shape index (κ2) is 7.15. The summed E-state index contributed by atoms with van der Waals surface area (Å²) in [6.07, 6.45) is 10.4. The molecule has 7 nitrogen and oxygen atoms in total. The molecule has 0 aliphatic heterocycles. The number of benzene rings is 1. The largest absolute Gasteiger partial charge is 0.359 e. The van der Waals surface area contributed by atoms with Gasteiger partial charge in [0.05, 0.1) is 10.4 Å². The summed E-state index contributed by atoms with van der Waals surface area (Å²) in [4.78, 5) is 25.8. The summed E-state index contributed by atoms with van der Waals surface area (Å²) >= 11 is 1.28. The number of para-hydroxylation sites is 1. The smallest absolute Gasteiger partial charge is 0.343 e. The fraction of sp³-hybridized carbons (Fsp3) is 0.435. The summed E-state index contributed by atoms with van der Waals surface area (Å²) in [6, 6.07) is 9.73. The lowest BCUT2D eigenvalue weighted by Gasteiger charge is -2.57. The third-order valence-corrected chi connectivity index (χ3v) is 8.24. The molecular weight excluding hydrogens is 410 g/mol. The van der Waals surface area contributed by atoms with E-state index in [4.69, 9.17) is 0 Å². The first-order chi connectivity index (χ1) is 15.1. The van der Waals surface area contributed by atoms with Crippen molar-refractivity contribution in [3.63, 3.8) is 0 Å². The number of pyridine rings is 1. The molecule has 0 unspecified atom stereocenters. The lowest BCUT2D eigenvalue weighted by atomic mass is 9.53. The van der Waals surface area contributed by atoms with Crippen molar-refractivity contribution in [1.29, 1.82) is 0 Å². The van der Waals surface area contributed by atoms with Crippen LogP contribution >= 0.6 is 11.8 Å². The van der Waals surface area contributed by atoms with Crippen LogP contribution in [-0.2, 0) is 0 Å². The summed E-state index contributed by atoms with van der Waals surface area (Å²) < 4.78 is 0. The molecule has 4 bridgehead atoms. The lowest BCUT2D eigenvalue weighted by molar-refractivity contribution is -0.387. The van der Waals surface area contributed by atoms with Crippen LogP contribution in [0.5, 0.6) is 0 Å². The molecule has 4 fully saturated rings. The van der Waals surface area contributed by atoms with Crippen molar-refractivity contribution in [2.45, 2.75) is 54.0 Å². The van der Waals surface area contributed by atoms with Crippen LogP contribution in [0, 0.1) is 27.9 Å². The minimum Gasteiger partial charge on any atom is -0.359 e. The molecule has 0 amide bonds. The molecule has 2 heterocycles. The standard InChI is InChI=1S/C23H23N5O2S/c29-28(30)20-21(27-23-10-14-7-15(11-23)9-16(8-14)12-23)25-13-26-22(20)31-18-5-1-3-17-4-2-6-24-19(17)18/h1-6,13-16H,7-12H2,(H,25,26,27). The summed E-state index contributed by atoms with van der Waals surface area (Å²) in [6.45, 7) is 0. The molecular formula is C23H23N5O2S. The van der Waals surface area contributed by atoms with E-state index in [9.17, 15) is 10.1 Å². The first-order valence-electron chi connectivity index (χ1n) is 10.9. The van der Waals surface area contributed by atoms with Crippen LogP contribution in [0.4, 0.5) is 11.5 Å². The molecule has 4 aliphatic rings. The fourth-order valence-corrected chi connectivity index (χ4v) is 7.46. The van der Waals surface area contributed by atoms with E-state index in [-0.39, 0.29) is 16.1 Å². The quantitative estimate of drug-likeness (QED) is 0.324. The van der Waals surface area contributed by atoms with E-state index in [0.717, 1.165) is 52.8 Å². The Morgan fingerprint density at radius 1 is 1.00 bits per heavy atom. The molecule has 4 aliphatic carbocycles. The van der Waals surface area contributed by atoms with Crippen molar-refractivity contribution in [3.8, 4) is 0 Å². The Bertz CT molecular complexity index is 1140. The van der Waals surface area contributed by atoms with Gasteiger partial charge in [-0.3, -0.25) is 15.1 Å². The van der Waals surface area contributed by atoms with Gasteiger partial charge in [0.25, 0.3) is 0 Å². The van der Waals surface area contributed by atoms with E-state index in [1.165, 1.54) is 37.4 Å². The Labute approximate surface area is 184 Å². The highest BCUT2D eigenvalue weighted by molar-refractivity contribution is 7.99. The number of rotatable bonds is 5. The summed E-state index contributed by atoms with van der Waals surface area (Å²) in [5, 5.41) is 17.1. The molecule has 1 aromatic carbocycles. The molecule has 7 rings (SSSR count). The maximum atomic E-state index is 12.1. The van der Waals surface area contributed by atoms with Crippen LogP contribution in [-0.4, -0.2) is 25.4 Å². The number of aromatic nitrogens is 3. The van der Waals surface area contributed by atoms with Gasteiger partial charge in [0.15, 0.2) is 5.03 Å². The van der Waals surface area contributed by atoms with Gasteiger partial charge in [-0.1, -0.05) is 30.0 Å². The fourth-order valence-electron chi connectivity index (χ4n) is 6.47. The van der Waals surface area contributed by atoms with Gasteiger partial charge in [0, 0.05) is 22.0 Å². The molecule has 158 valence electrons. The lowest BCUT2D eigenvalue weighted by Crippen LogP contribution is -2.55. The van der Waals surface area contributed by atoms with Crippen LogP contribution in [0.2, 0.25) is 0 Å². The number of hydrogen-bond acceptors (Lipinski definition) is 7. The zero-order chi connectivity index (χ0) is 21.0. The summed E-state index contributed by atoms with van der Waals surface area (Å²) in [5.74, 6) is 2.60. The molecule has 1 N–H and O–H groups in total. The minimum absolute atomic E-state index is 0.0313. The van der Waals surface area contributed by atoms with Crippen molar-refractivity contribution in [3.05, 3.63) is 53.0 Å². The van der Waals surface area contributed by atoms with Gasteiger partial charge in [-0.25, -0.2) is 9.97 Å². The molecule has 0 radical (unpaired) electrons. The molecule has 4 saturated carbocycles. The predicted molar refractivity (Wildman–Crippen MR) is 119 cm³/mol. The van der Waals surface area contributed by atoms with Crippen LogP contribution in [0.15, 0.2) is 52.8 Å². The first-order valence-corrected chi connectivity index (χ1v) is 11.7. The second-order valence-electron chi connectivity index (χ2n) is 9.39. The van der Waals surface area contributed by atoms with E-state index >= 15 is 0 Å². The van der Waals surface area contributed by atoms with E-state index in [2.05, 4.69) is 20.3 Å². The van der Waals surface area contributed by atoms with Crippen molar-refractivity contribution in [2.24, 2.45) is 17.8 Å². The van der Waals surface area contributed by atoms with Gasteiger partial charge in [0.1, 0.15) is 6.33 Å². The van der Waals surface area contributed by atoms with Crippen molar-refractivity contribution in [1.82, 2.24) is 15.0 Å². The first kappa shape index (κ1) is 19.0. The Morgan fingerprint density at radius 2 is 1.71 bits per heavy atom. The zero-order valence-electron chi connectivity index (χ0n) is 17.0.